The Hall–Kier alpha value is -1.85. The van der Waals surface area contributed by atoms with Crippen LogP contribution in [0.3, 0.4) is 0 Å². The highest BCUT2D eigenvalue weighted by atomic mass is 19.1. The highest BCUT2D eigenvalue weighted by Gasteiger charge is 2.24. The topological polar surface area (TPSA) is 46.2 Å². The maximum Gasteiger partial charge on any atom is 0.133 e. The molecule has 0 aromatic heterocycles. The lowest BCUT2D eigenvalue weighted by Crippen LogP contribution is -2.30. The van der Waals surface area contributed by atoms with Gasteiger partial charge in [0.2, 0.25) is 0 Å². The lowest BCUT2D eigenvalue weighted by molar-refractivity contribution is 0.141. The third kappa shape index (κ3) is 3.18. The molecule has 5 heteroatoms. The summed E-state index contributed by atoms with van der Waals surface area (Å²) < 4.78 is 40.0. The number of halogens is 3. The van der Waals surface area contributed by atoms with E-state index in [1.807, 2.05) is 6.07 Å². The fourth-order valence-electron chi connectivity index (χ4n) is 2.05. The molecule has 0 aliphatic heterocycles. The van der Waals surface area contributed by atoms with Gasteiger partial charge in [-0.3, -0.25) is 0 Å². The number of nitrogens with two attached hydrogens (primary N) is 1. The molecule has 2 atom stereocenters. The summed E-state index contributed by atoms with van der Waals surface area (Å²) in [6, 6.07) is 8.76. The van der Waals surface area contributed by atoms with Crippen molar-refractivity contribution >= 4 is 0 Å². The molecule has 3 N–H and O–H groups in total. The smallest absolute Gasteiger partial charge is 0.133 e. The van der Waals surface area contributed by atoms with Gasteiger partial charge in [-0.25, -0.2) is 13.2 Å². The van der Waals surface area contributed by atoms with Crippen molar-refractivity contribution in [2.45, 2.75) is 18.6 Å². The van der Waals surface area contributed by atoms with Crippen LogP contribution in [0.2, 0.25) is 0 Å². The van der Waals surface area contributed by atoms with Crippen molar-refractivity contribution in [2.75, 3.05) is 0 Å². The second-order valence-electron chi connectivity index (χ2n) is 4.57. The monoisotopic (exact) mass is 281 g/mol. The zero-order chi connectivity index (χ0) is 14.7. The minimum Gasteiger partial charge on any atom is -0.391 e. The fourth-order valence-corrected chi connectivity index (χ4v) is 2.05. The summed E-state index contributed by atoms with van der Waals surface area (Å²) in [6.45, 7) is 0. The number of aliphatic hydroxyl groups is 1. The molecule has 0 radical (unpaired) electrons. The zero-order valence-corrected chi connectivity index (χ0v) is 10.6. The van der Waals surface area contributed by atoms with Crippen molar-refractivity contribution in [1.29, 1.82) is 0 Å². The first kappa shape index (κ1) is 14.6. The van der Waals surface area contributed by atoms with Crippen molar-refractivity contribution in [1.82, 2.24) is 0 Å². The lowest BCUT2D eigenvalue weighted by Gasteiger charge is -2.20. The van der Waals surface area contributed by atoms with Gasteiger partial charge in [0.05, 0.1) is 12.1 Å². The van der Waals surface area contributed by atoms with Gasteiger partial charge in [-0.2, -0.15) is 0 Å². The van der Waals surface area contributed by atoms with Crippen molar-refractivity contribution in [3.63, 3.8) is 0 Å². The molecule has 20 heavy (non-hydrogen) atoms. The second-order valence-corrected chi connectivity index (χ2v) is 4.57. The Kier molecular flexibility index (Phi) is 4.42. The summed E-state index contributed by atoms with van der Waals surface area (Å²) in [6.07, 6.45) is -1.02. The third-order valence-electron chi connectivity index (χ3n) is 3.08. The molecule has 2 rings (SSSR count). The van der Waals surface area contributed by atoms with E-state index in [0.29, 0.717) is 12.1 Å². The molecule has 0 fully saturated rings. The normalized spacial score (nSPS) is 14.1. The van der Waals surface area contributed by atoms with E-state index < -0.39 is 35.2 Å². The van der Waals surface area contributed by atoms with Crippen molar-refractivity contribution in [2.24, 2.45) is 5.73 Å². The second kappa shape index (κ2) is 6.07. The van der Waals surface area contributed by atoms with Gasteiger partial charge in [-0.1, -0.05) is 30.3 Å². The molecule has 0 saturated carbocycles. The first-order valence-electron chi connectivity index (χ1n) is 6.11. The van der Waals surface area contributed by atoms with Crippen LogP contribution >= 0.6 is 0 Å². The van der Waals surface area contributed by atoms with Crippen LogP contribution in [-0.2, 0) is 6.42 Å². The van der Waals surface area contributed by atoms with Gasteiger partial charge in [0.25, 0.3) is 0 Å². The van der Waals surface area contributed by atoms with E-state index in [2.05, 4.69) is 0 Å². The largest absolute Gasteiger partial charge is 0.391 e. The summed E-state index contributed by atoms with van der Waals surface area (Å²) in [5.41, 5.74) is 5.97. The Morgan fingerprint density at radius 2 is 1.55 bits per heavy atom. The molecule has 2 aromatic rings. The molecule has 0 saturated heterocycles. The standard InChI is InChI=1S/C15H14F3NO/c16-10-7-11(17)14(12(18)8-10)15(19)13(20)6-9-4-2-1-3-5-9/h1-5,7-8,13,15,20H,6,19H2/t13-,15-/m1/s1. The van der Waals surface area contributed by atoms with E-state index in [4.69, 9.17) is 5.73 Å². The van der Waals surface area contributed by atoms with Gasteiger partial charge in [-0.05, 0) is 5.56 Å². The quantitative estimate of drug-likeness (QED) is 0.905. The summed E-state index contributed by atoms with van der Waals surface area (Å²) in [4.78, 5) is 0. The van der Waals surface area contributed by atoms with Crippen LogP contribution in [-0.4, -0.2) is 11.2 Å². The number of benzene rings is 2. The first-order valence-corrected chi connectivity index (χ1v) is 6.11. The van der Waals surface area contributed by atoms with E-state index >= 15 is 0 Å². The van der Waals surface area contributed by atoms with Crippen molar-refractivity contribution in [3.05, 3.63) is 71.0 Å². The first-order chi connectivity index (χ1) is 9.49. The molecule has 0 amide bonds. The molecule has 0 aliphatic carbocycles. The van der Waals surface area contributed by atoms with Gasteiger partial charge < -0.3 is 10.8 Å². The zero-order valence-electron chi connectivity index (χ0n) is 10.6. The van der Waals surface area contributed by atoms with Gasteiger partial charge in [0, 0.05) is 24.1 Å². The number of aliphatic hydroxyl groups excluding tert-OH is 1. The maximum absolute atomic E-state index is 13.6. The molecule has 0 spiro atoms. The summed E-state index contributed by atoms with van der Waals surface area (Å²) >= 11 is 0. The van der Waals surface area contributed by atoms with Crippen LogP contribution in [0.4, 0.5) is 13.2 Å². The minimum absolute atomic E-state index is 0.151. The molecule has 2 aromatic carbocycles. The van der Waals surface area contributed by atoms with Crippen LogP contribution in [0.5, 0.6) is 0 Å². The molecule has 0 unspecified atom stereocenters. The molecule has 106 valence electrons. The Bertz CT molecular complexity index is 566. The SMILES string of the molecule is N[C@@H](c1c(F)cc(F)cc1F)[C@H](O)Cc1ccccc1. The predicted octanol–water partition coefficient (Wildman–Crippen LogP) is 2.71. The average Bonchev–Trinajstić information content (AvgIpc) is 2.38. The van der Waals surface area contributed by atoms with Crippen LogP contribution in [0.1, 0.15) is 17.2 Å². The van der Waals surface area contributed by atoms with E-state index in [1.54, 1.807) is 24.3 Å². The highest BCUT2D eigenvalue weighted by Crippen LogP contribution is 2.24. The lowest BCUT2D eigenvalue weighted by atomic mass is 9.96. The van der Waals surface area contributed by atoms with Gasteiger partial charge in [0.1, 0.15) is 17.5 Å². The van der Waals surface area contributed by atoms with Gasteiger partial charge in [-0.15, -0.1) is 0 Å². The molecule has 2 nitrogen and oxygen atoms in total. The molecular weight excluding hydrogens is 267 g/mol. The number of hydrogen-bond acceptors (Lipinski definition) is 2. The van der Waals surface area contributed by atoms with Crippen LogP contribution in [0.15, 0.2) is 42.5 Å². The molecule has 0 aliphatic rings. The summed E-state index contributed by atoms with van der Waals surface area (Å²) in [7, 11) is 0. The van der Waals surface area contributed by atoms with E-state index in [0.717, 1.165) is 5.56 Å². The summed E-state index contributed by atoms with van der Waals surface area (Å²) in [5.74, 6) is -3.21. The van der Waals surface area contributed by atoms with Crippen LogP contribution < -0.4 is 5.73 Å². The molecular formula is C15H14F3NO. The van der Waals surface area contributed by atoms with E-state index in [1.165, 1.54) is 0 Å². The minimum atomic E-state index is -1.27. The fraction of sp³-hybridized carbons (Fsp3) is 0.200. The Labute approximate surface area is 114 Å². The Morgan fingerprint density at radius 3 is 2.10 bits per heavy atom. The number of rotatable bonds is 4. The van der Waals surface area contributed by atoms with Crippen molar-refractivity contribution in [3.8, 4) is 0 Å². The number of hydrogen-bond donors (Lipinski definition) is 2. The molecule has 0 heterocycles. The average molecular weight is 281 g/mol. The van der Waals surface area contributed by atoms with Crippen molar-refractivity contribution < 1.29 is 18.3 Å². The maximum atomic E-state index is 13.6. The third-order valence-corrected chi connectivity index (χ3v) is 3.08. The van der Waals surface area contributed by atoms with Gasteiger partial charge in [0.15, 0.2) is 0 Å². The Balaban J connectivity index is 2.21. The van der Waals surface area contributed by atoms with E-state index in [-0.39, 0.29) is 6.42 Å². The summed E-state index contributed by atoms with van der Waals surface area (Å²) in [5, 5.41) is 9.99. The van der Waals surface area contributed by atoms with E-state index in [9.17, 15) is 18.3 Å². The highest BCUT2D eigenvalue weighted by molar-refractivity contribution is 5.26. The predicted molar refractivity (Wildman–Crippen MR) is 69.4 cm³/mol. The Morgan fingerprint density at radius 1 is 1.00 bits per heavy atom. The van der Waals surface area contributed by atoms with Crippen LogP contribution in [0, 0.1) is 17.5 Å². The van der Waals surface area contributed by atoms with Crippen LogP contribution in [0.25, 0.3) is 0 Å². The molecule has 0 bridgehead atoms. The van der Waals surface area contributed by atoms with Gasteiger partial charge >= 0.3 is 0 Å².